The minimum Gasteiger partial charge on any atom is -0.508 e. The van der Waals surface area contributed by atoms with Crippen molar-refractivity contribution in [2.24, 2.45) is 5.73 Å². The summed E-state index contributed by atoms with van der Waals surface area (Å²) in [6, 6.07) is 19.4. The zero-order valence-electron chi connectivity index (χ0n) is 25.1. The molecule has 0 bridgehead atoms. The maximum Gasteiger partial charge on any atom is 0.412 e. The summed E-state index contributed by atoms with van der Waals surface area (Å²) in [5.41, 5.74) is 7.49. The van der Waals surface area contributed by atoms with Crippen molar-refractivity contribution in [3.05, 3.63) is 77.9 Å². The molecule has 1 fully saturated rings. The van der Waals surface area contributed by atoms with Gasteiger partial charge in [-0.05, 0) is 105 Å². The van der Waals surface area contributed by atoms with Crippen LogP contribution in [0.15, 0.2) is 66.7 Å². The number of nitrogens with one attached hydrogen (secondary N) is 1. The molecule has 4 aromatic rings. The van der Waals surface area contributed by atoms with Crippen molar-refractivity contribution in [1.29, 1.82) is 0 Å². The highest BCUT2D eigenvalue weighted by molar-refractivity contribution is 7.22. The predicted molar refractivity (Wildman–Crippen MR) is 175 cm³/mol. The molecule has 1 aliphatic heterocycles. The van der Waals surface area contributed by atoms with Gasteiger partial charge in [0.25, 0.3) is 0 Å². The van der Waals surface area contributed by atoms with E-state index in [1.807, 2.05) is 30.1 Å². The van der Waals surface area contributed by atoms with Gasteiger partial charge in [-0.15, -0.1) is 11.3 Å². The quantitative estimate of drug-likeness (QED) is 0.172. The number of carbonyl (C=O) groups is 2. The number of benzene rings is 3. The highest BCUT2D eigenvalue weighted by Crippen LogP contribution is 2.41. The van der Waals surface area contributed by atoms with Gasteiger partial charge in [0.15, 0.2) is 5.78 Å². The zero-order valence-corrected chi connectivity index (χ0v) is 25.9. The van der Waals surface area contributed by atoms with E-state index in [1.165, 1.54) is 30.6 Å². The Labute approximate surface area is 262 Å². The molecule has 5 rings (SSSR count). The third kappa shape index (κ3) is 8.15. The summed E-state index contributed by atoms with van der Waals surface area (Å²) < 4.78 is 12.3. The minimum absolute atomic E-state index is 0.118. The summed E-state index contributed by atoms with van der Waals surface area (Å²) in [6.07, 6.45) is 3.26. The molecule has 2 heterocycles. The van der Waals surface area contributed by atoms with Gasteiger partial charge >= 0.3 is 6.09 Å². The molecule has 44 heavy (non-hydrogen) atoms. The van der Waals surface area contributed by atoms with E-state index in [0.717, 1.165) is 52.5 Å². The lowest BCUT2D eigenvalue weighted by molar-refractivity contribution is 0.104. The number of likely N-dealkylation sites (N-methyl/N-ethyl adjacent to an activating group) is 1. The number of piperidine rings is 1. The third-order valence-electron chi connectivity index (χ3n) is 7.74. The average molecular weight is 617 g/mol. The number of thiophene rings is 1. The van der Waals surface area contributed by atoms with Gasteiger partial charge in [0, 0.05) is 58.8 Å². The number of ketones is 1. The van der Waals surface area contributed by atoms with E-state index in [1.54, 1.807) is 48.5 Å². The van der Waals surface area contributed by atoms with Gasteiger partial charge in [0.05, 0.1) is 0 Å². The fourth-order valence-corrected chi connectivity index (χ4v) is 6.56. The molecule has 3 aromatic carbocycles. The smallest absolute Gasteiger partial charge is 0.412 e. The fraction of sp³-hybridized carbons (Fsp3) is 0.353. The molecule has 0 atom stereocenters. The predicted octanol–water partition coefficient (Wildman–Crippen LogP) is 5.35. The zero-order chi connectivity index (χ0) is 30.9. The number of nitrogens with two attached hydrogens (primary N) is 1. The third-order valence-corrected chi connectivity index (χ3v) is 8.95. The number of amides is 1. The summed E-state index contributed by atoms with van der Waals surface area (Å²) in [5.74, 6) is 1.15. The van der Waals surface area contributed by atoms with Crippen LogP contribution in [0.2, 0.25) is 0 Å². The Morgan fingerprint density at radius 3 is 2.43 bits per heavy atom. The Balaban J connectivity index is 1.33. The van der Waals surface area contributed by atoms with Crippen LogP contribution in [0.5, 0.6) is 17.2 Å². The van der Waals surface area contributed by atoms with E-state index in [0.29, 0.717) is 43.1 Å². The lowest BCUT2D eigenvalue weighted by Crippen LogP contribution is -2.36. The van der Waals surface area contributed by atoms with Crippen LogP contribution in [0.4, 0.5) is 4.79 Å². The van der Waals surface area contributed by atoms with E-state index in [-0.39, 0.29) is 11.5 Å². The van der Waals surface area contributed by atoms with Gasteiger partial charge < -0.3 is 30.5 Å². The normalized spacial score (nSPS) is 13.7. The Morgan fingerprint density at radius 1 is 0.977 bits per heavy atom. The van der Waals surface area contributed by atoms with E-state index < -0.39 is 6.09 Å². The van der Waals surface area contributed by atoms with Crippen molar-refractivity contribution >= 4 is 33.3 Å². The number of aromatic hydroxyl groups is 1. The molecule has 4 N–H and O–H groups in total. The molecular formula is C34H40N4O5S. The molecule has 1 saturated heterocycles. The van der Waals surface area contributed by atoms with E-state index >= 15 is 0 Å². The summed E-state index contributed by atoms with van der Waals surface area (Å²) in [5, 5.41) is 13.4. The molecule has 0 unspecified atom stereocenters. The van der Waals surface area contributed by atoms with Crippen LogP contribution in [-0.2, 0) is 0 Å². The number of fused-ring (bicyclic) bond motifs is 1. The lowest BCUT2D eigenvalue weighted by atomic mass is 9.97. The van der Waals surface area contributed by atoms with E-state index in [9.17, 15) is 14.7 Å². The molecule has 1 amide bonds. The van der Waals surface area contributed by atoms with Crippen molar-refractivity contribution in [2.45, 2.75) is 19.3 Å². The number of hydrogen-bond acceptors (Lipinski definition) is 9. The van der Waals surface area contributed by atoms with Gasteiger partial charge in [-0.1, -0.05) is 6.42 Å². The second-order valence-electron chi connectivity index (χ2n) is 11.0. The van der Waals surface area contributed by atoms with Crippen LogP contribution >= 0.6 is 11.3 Å². The molecule has 0 saturated carbocycles. The first-order chi connectivity index (χ1) is 21.4. The number of carbonyl (C=O) groups excluding carboxylic acids is 2. The van der Waals surface area contributed by atoms with Gasteiger partial charge in [0.1, 0.15) is 23.9 Å². The van der Waals surface area contributed by atoms with Crippen molar-refractivity contribution < 1.29 is 24.2 Å². The number of ether oxygens (including phenoxy) is 2. The number of phenols is 1. The summed E-state index contributed by atoms with van der Waals surface area (Å²) in [4.78, 5) is 31.6. The first-order valence-corrected chi connectivity index (χ1v) is 15.9. The van der Waals surface area contributed by atoms with Gasteiger partial charge in [-0.3, -0.25) is 9.69 Å². The summed E-state index contributed by atoms with van der Waals surface area (Å²) in [6.45, 7) is 6.15. The summed E-state index contributed by atoms with van der Waals surface area (Å²) in [7, 11) is 1.94. The second kappa shape index (κ2) is 15.2. The second-order valence-corrected chi connectivity index (χ2v) is 12.1. The Bertz CT molecular complexity index is 1550. The molecule has 10 heteroatoms. The summed E-state index contributed by atoms with van der Waals surface area (Å²) >= 11 is 1.44. The maximum atomic E-state index is 14.0. The van der Waals surface area contributed by atoms with Crippen molar-refractivity contribution in [3.8, 4) is 27.7 Å². The number of likely N-dealkylation sites (tertiary alicyclic amines) is 1. The van der Waals surface area contributed by atoms with E-state index in [4.69, 9.17) is 15.2 Å². The molecule has 0 radical (unpaired) electrons. The van der Waals surface area contributed by atoms with Crippen LogP contribution in [0.3, 0.4) is 0 Å². The highest BCUT2D eigenvalue weighted by atomic mass is 32.1. The van der Waals surface area contributed by atoms with Crippen LogP contribution in [0, 0.1) is 0 Å². The SMILES string of the molecule is CN(CCN)CCNC(=O)Oc1ccc2c(C(=O)c3ccc(OCCN4CCCCC4)cc3)c(-c3ccc(O)cc3)sc2c1. The van der Waals surface area contributed by atoms with Crippen LogP contribution < -0.4 is 20.5 Å². The largest absolute Gasteiger partial charge is 0.508 e. The molecule has 232 valence electrons. The number of phenolic OH excluding ortho intramolecular Hbond substituents is 1. The Kier molecular flexibility index (Phi) is 10.8. The minimum atomic E-state index is -0.546. The molecule has 0 aliphatic carbocycles. The monoisotopic (exact) mass is 616 g/mol. The first-order valence-electron chi connectivity index (χ1n) is 15.1. The Hall–Kier alpha value is -3.96. The number of hydrogen-bond donors (Lipinski definition) is 3. The molecule has 0 spiro atoms. The first kappa shape index (κ1) is 31.5. The highest BCUT2D eigenvalue weighted by Gasteiger charge is 2.22. The van der Waals surface area contributed by atoms with Crippen LogP contribution in [0.1, 0.15) is 35.2 Å². The fourth-order valence-electron chi connectivity index (χ4n) is 5.33. The van der Waals surface area contributed by atoms with Crippen molar-refractivity contribution in [1.82, 2.24) is 15.1 Å². The topological polar surface area (TPSA) is 117 Å². The average Bonchev–Trinajstić information content (AvgIpc) is 3.41. The Morgan fingerprint density at radius 2 is 1.70 bits per heavy atom. The lowest BCUT2D eigenvalue weighted by Gasteiger charge is -2.26. The molecule has 9 nitrogen and oxygen atoms in total. The molecular weight excluding hydrogens is 576 g/mol. The van der Waals surface area contributed by atoms with Crippen LogP contribution in [0.25, 0.3) is 20.5 Å². The van der Waals surface area contributed by atoms with Gasteiger partial charge in [-0.25, -0.2) is 4.79 Å². The molecule has 1 aliphatic rings. The van der Waals surface area contributed by atoms with Gasteiger partial charge in [-0.2, -0.15) is 0 Å². The number of nitrogens with zero attached hydrogens (tertiary/aromatic N) is 2. The van der Waals surface area contributed by atoms with Crippen molar-refractivity contribution in [3.63, 3.8) is 0 Å². The standard InChI is InChI=1S/C34H40N4O5S/c1-37(19-15-35)20-16-36-34(41)43-28-13-14-29-30(23-28)44-33(25-5-9-26(39)10-6-25)31(29)32(40)24-7-11-27(12-8-24)42-22-21-38-17-3-2-4-18-38/h5-14,23,39H,2-4,15-22,35H2,1H3,(H,36,41). The van der Waals surface area contributed by atoms with Gasteiger partial charge in [0.2, 0.25) is 0 Å². The molecule has 1 aromatic heterocycles. The van der Waals surface area contributed by atoms with E-state index in [2.05, 4.69) is 10.2 Å². The maximum absolute atomic E-state index is 14.0. The van der Waals surface area contributed by atoms with Crippen LogP contribution in [-0.4, -0.2) is 86.3 Å². The number of rotatable bonds is 13. The van der Waals surface area contributed by atoms with Crippen molar-refractivity contribution in [2.75, 3.05) is 59.5 Å².